The van der Waals surface area contributed by atoms with Gasteiger partial charge in [-0.25, -0.2) is 0 Å². The third-order valence-corrected chi connectivity index (χ3v) is 4.93. The molecule has 3 rings (SSSR count). The number of hydrogen-bond donors (Lipinski definition) is 1. The van der Waals surface area contributed by atoms with Gasteiger partial charge < -0.3 is 9.84 Å². The van der Waals surface area contributed by atoms with Gasteiger partial charge in [0.05, 0.1) is 12.8 Å². The van der Waals surface area contributed by atoms with Crippen LogP contribution in [0.1, 0.15) is 10.4 Å². The van der Waals surface area contributed by atoms with E-state index in [2.05, 4.69) is 4.98 Å². The zero-order chi connectivity index (χ0) is 16.2. The second-order valence-electron chi connectivity index (χ2n) is 4.86. The van der Waals surface area contributed by atoms with Crippen molar-refractivity contribution in [2.24, 2.45) is 0 Å². The summed E-state index contributed by atoms with van der Waals surface area (Å²) in [4.78, 5) is 6.16. The Morgan fingerprint density at radius 1 is 1.09 bits per heavy atom. The number of nitrogens with zero attached hydrogens (tertiary/aromatic N) is 1. The second kappa shape index (κ2) is 7.32. The highest BCUT2D eigenvalue weighted by atomic mass is 35.5. The van der Waals surface area contributed by atoms with Gasteiger partial charge in [0.15, 0.2) is 0 Å². The molecule has 118 valence electrons. The lowest BCUT2D eigenvalue weighted by molar-refractivity contribution is 0.285. The summed E-state index contributed by atoms with van der Waals surface area (Å²) in [6, 6.07) is 11.1. The lowest BCUT2D eigenvalue weighted by Crippen LogP contribution is -1.97. The van der Waals surface area contributed by atoms with Crippen molar-refractivity contribution in [3.05, 3.63) is 69.3 Å². The van der Waals surface area contributed by atoms with E-state index in [1.807, 2.05) is 24.3 Å². The van der Waals surface area contributed by atoms with Crippen molar-refractivity contribution in [1.82, 2.24) is 4.98 Å². The van der Waals surface area contributed by atoms with E-state index in [1.54, 1.807) is 24.5 Å². The molecule has 0 bridgehead atoms. The third kappa shape index (κ3) is 4.03. The number of pyridine rings is 1. The summed E-state index contributed by atoms with van der Waals surface area (Å²) in [6.45, 7) is 0.386. The maximum absolute atomic E-state index is 9.16. The lowest BCUT2D eigenvalue weighted by atomic mass is 10.2. The largest absolute Gasteiger partial charge is 0.487 e. The minimum atomic E-state index is 0.0450. The predicted octanol–water partition coefficient (Wildman–Crippen LogP) is 5.19. The van der Waals surface area contributed by atoms with Gasteiger partial charge in [-0.15, -0.1) is 11.3 Å². The SMILES string of the molecule is OCc1ccc(-c2cncc(OCc3ccc(Cl)cc3Cl)c2)s1. The van der Waals surface area contributed by atoms with Crippen LogP contribution in [0.3, 0.4) is 0 Å². The molecule has 0 aliphatic heterocycles. The molecule has 23 heavy (non-hydrogen) atoms. The van der Waals surface area contributed by atoms with Crippen LogP contribution < -0.4 is 4.74 Å². The third-order valence-electron chi connectivity index (χ3n) is 3.22. The zero-order valence-electron chi connectivity index (χ0n) is 12.0. The van der Waals surface area contributed by atoms with Gasteiger partial charge in [-0.3, -0.25) is 4.98 Å². The van der Waals surface area contributed by atoms with Gasteiger partial charge in [0, 0.05) is 37.1 Å². The normalized spacial score (nSPS) is 10.7. The Bertz CT molecular complexity index is 820. The van der Waals surface area contributed by atoms with Gasteiger partial charge in [0.25, 0.3) is 0 Å². The van der Waals surface area contributed by atoms with E-state index >= 15 is 0 Å². The van der Waals surface area contributed by atoms with Crippen LogP contribution in [0, 0.1) is 0 Å². The number of aromatic nitrogens is 1. The van der Waals surface area contributed by atoms with E-state index in [9.17, 15) is 0 Å². The molecular weight excluding hydrogens is 353 g/mol. The smallest absolute Gasteiger partial charge is 0.138 e. The summed E-state index contributed by atoms with van der Waals surface area (Å²) in [5.74, 6) is 0.660. The predicted molar refractivity (Wildman–Crippen MR) is 94.3 cm³/mol. The average Bonchev–Trinajstić information content (AvgIpc) is 3.03. The van der Waals surface area contributed by atoms with Gasteiger partial charge in [0.2, 0.25) is 0 Å². The number of hydrogen-bond acceptors (Lipinski definition) is 4. The minimum Gasteiger partial charge on any atom is -0.487 e. The summed E-state index contributed by atoms with van der Waals surface area (Å²) < 4.78 is 5.77. The molecule has 0 spiro atoms. The monoisotopic (exact) mass is 365 g/mol. The first-order valence-corrected chi connectivity index (χ1v) is 8.44. The number of aliphatic hydroxyl groups is 1. The highest BCUT2D eigenvalue weighted by molar-refractivity contribution is 7.15. The summed E-state index contributed by atoms with van der Waals surface area (Å²) in [7, 11) is 0. The van der Waals surface area contributed by atoms with Gasteiger partial charge in [0.1, 0.15) is 12.4 Å². The minimum absolute atomic E-state index is 0.0450. The molecule has 1 N–H and O–H groups in total. The Kier molecular flexibility index (Phi) is 5.18. The van der Waals surface area contributed by atoms with Crippen molar-refractivity contribution in [3.63, 3.8) is 0 Å². The molecule has 1 aromatic carbocycles. The fourth-order valence-corrected chi connectivity index (χ4v) is 3.36. The number of thiophene rings is 1. The van der Waals surface area contributed by atoms with Gasteiger partial charge in [-0.1, -0.05) is 29.3 Å². The Morgan fingerprint density at radius 3 is 2.70 bits per heavy atom. The van der Waals surface area contributed by atoms with E-state index in [0.717, 1.165) is 20.9 Å². The molecule has 0 amide bonds. The number of benzene rings is 1. The molecule has 0 atom stereocenters. The molecule has 6 heteroatoms. The van der Waals surface area contributed by atoms with Gasteiger partial charge in [-0.2, -0.15) is 0 Å². The Morgan fingerprint density at radius 2 is 1.96 bits per heavy atom. The Hall–Kier alpha value is -1.59. The van der Waals surface area contributed by atoms with Crippen LogP contribution in [-0.2, 0) is 13.2 Å². The average molecular weight is 366 g/mol. The van der Waals surface area contributed by atoms with Crippen molar-refractivity contribution < 1.29 is 9.84 Å². The Balaban J connectivity index is 1.75. The van der Waals surface area contributed by atoms with Crippen molar-refractivity contribution >= 4 is 34.5 Å². The number of halogens is 2. The summed E-state index contributed by atoms with van der Waals surface area (Å²) in [6.07, 6.45) is 3.43. The van der Waals surface area contributed by atoms with Crippen LogP contribution in [0.5, 0.6) is 5.75 Å². The van der Waals surface area contributed by atoms with E-state index < -0.39 is 0 Å². The van der Waals surface area contributed by atoms with Crippen LogP contribution in [-0.4, -0.2) is 10.1 Å². The van der Waals surface area contributed by atoms with Crippen molar-refractivity contribution in [2.45, 2.75) is 13.2 Å². The van der Waals surface area contributed by atoms with Crippen LogP contribution in [0.15, 0.2) is 48.8 Å². The highest BCUT2D eigenvalue weighted by Gasteiger charge is 2.06. The van der Waals surface area contributed by atoms with Crippen molar-refractivity contribution in [3.8, 4) is 16.2 Å². The molecule has 0 saturated carbocycles. The maximum atomic E-state index is 9.16. The molecule has 0 aliphatic rings. The summed E-state index contributed by atoms with van der Waals surface area (Å²) in [5, 5.41) is 10.3. The molecule has 0 radical (unpaired) electrons. The number of ether oxygens (including phenoxy) is 1. The van der Waals surface area contributed by atoms with Gasteiger partial charge in [-0.05, 0) is 30.3 Å². The summed E-state index contributed by atoms with van der Waals surface area (Å²) >= 11 is 13.6. The lowest BCUT2D eigenvalue weighted by Gasteiger charge is -2.08. The zero-order valence-corrected chi connectivity index (χ0v) is 14.3. The van der Waals surface area contributed by atoms with Gasteiger partial charge >= 0.3 is 0 Å². The van der Waals surface area contributed by atoms with E-state index in [0.29, 0.717) is 22.4 Å². The van der Waals surface area contributed by atoms with Crippen LogP contribution in [0.4, 0.5) is 0 Å². The Labute approximate surface area is 148 Å². The molecule has 0 saturated heterocycles. The molecule has 3 nitrogen and oxygen atoms in total. The molecule has 2 heterocycles. The van der Waals surface area contributed by atoms with E-state index in [1.165, 1.54) is 11.3 Å². The topological polar surface area (TPSA) is 42.4 Å². The van der Waals surface area contributed by atoms with Crippen LogP contribution in [0.2, 0.25) is 10.0 Å². The number of aliphatic hydroxyl groups excluding tert-OH is 1. The molecule has 2 aromatic heterocycles. The number of rotatable bonds is 5. The molecule has 0 aliphatic carbocycles. The van der Waals surface area contributed by atoms with E-state index in [-0.39, 0.29) is 6.61 Å². The first-order chi connectivity index (χ1) is 11.2. The maximum Gasteiger partial charge on any atom is 0.138 e. The first kappa shape index (κ1) is 16.3. The molecule has 0 fully saturated rings. The highest BCUT2D eigenvalue weighted by Crippen LogP contribution is 2.30. The quantitative estimate of drug-likeness (QED) is 0.676. The molecular formula is C17H13Cl2NO2S. The molecule has 0 unspecified atom stereocenters. The van der Waals surface area contributed by atoms with Crippen LogP contribution in [0.25, 0.3) is 10.4 Å². The first-order valence-electron chi connectivity index (χ1n) is 6.87. The fourth-order valence-electron chi connectivity index (χ4n) is 2.05. The van der Waals surface area contributed by atoms with Crippen LogP contribution >= 0.6 is 34.5 Å². The second-order valence-corrected chi connectivity index (χ2v) is 6.87. The summed E-state index contributed by atoms with van der Waals surface area (Å²) in [5.41, 5.74) is 1.81. The van der Waals surface area contributed by atoms with Crippen molar-refractivity contribution in [2.75, 3.05) is 0 Å². The standard InChI is InChI=1S/C17H13Cl2NO2S/c18-13-2-1-11(16(19)6-13)10-22-14-5-12(7-20-8-14)17-4-3-15(9-21)23-17/h1-8,21H,9-10H2. The fraction of sp³-hybridized carbons (Fsp3) is 0.118. The molecule has 3 aromatic rings. The van der Waals surface area contributed by atoms with E-state index in [4.69, 9.17) is 33.0 Å². The van der Waals surface area contributed by atoms with Crippen molar-refractivity contribution in [1.29, 1.82) is 0 Å².